The smallest absolute Gasteiger partial charge is 0.254 e. The van der Waals surface area contributed by atoms with E-state index in [1.807, 2.05) is 18.2 Å². The number of hydrogen-bond acceptors (Lipinski definition) is 5. The third kappa shape index (κ3) is 5.67. The molecule has 0 bridgehead atoms. The standard InChI is InChI=1S/C25H24ClNO5S/c1-2-13-31-22-8-6-18(7-9-22)25(28)27(21-12-14-33(29,30)17-21)16-23-10-11-24(32-23)19-4-3-5-20(26)15-19/h2-11,15,21H,1,12-14,16-17H2/t21-/m1/s1. The number of amides is 1. The fraction of sp³-hybridized carbons (Fsp3) is 0.240. The summed E-state index contributed by atoms with van der Waals surface area (Å²) in [5, 5.41) is 0.596. The number of nitrogens with zero attached hydrogens (tertiary/aromatic N) is 1. The first-order valence-corrected chi connectivity index (χ1v) is 12.7. The van der Waals surface area contributed by atoms with Gasteiger partial charge in [-0.05, 0) is 55.0 Å². The van der Waals surface area contributed by atoms with Gasteiger partial charge in [0.15, 0.2) is 9.84 Å². The molecule has 1 aliphatic rings. The van der Waals surface area contributed by atoms with E-state index in [2.05, 4.69) is 6.58 Å². The molecule has 6 nitrogen and oxygen atoms in total. The minimum absolute atomic E-state index is 0.0544. The number of hydrogen-bond donors (Lipinski definition) is 0. The van der Waals surface area contributed by atoms with Crippen LogP contribution in [0.15, 0.2) is 77.7 Å². The maximum Gasteiger partial charge on any atom is 0.254 e. The maximum atomic E-state index is 13.4. The van der Waals surface area contributed by atoms with E-state index in [4.69, 9.17) is 20.8 Å². The summed E-state index contributed by atoms with van der Waals surface area (Å²) in [6.45, 7) is 4.14. The SMILES string of the molecule is C=CCOc1ccc(C(=O)N(Cc2ccc(-c3cccc(Cl)c3)o2)[C@@H]2CCS(=O)(=O)C2)cc1. The van der Waals surface area contributed by atoms with Gasteiger partial charge in [-0.2, -0.15) is 0 Å². The van der Waals surface area contributed by atoms with Gasteiger partial charge in [-0.15, -0.1) is 0 Å². The largest absolute Gasteiger partial charge is 0.490 e. The van der Waals surface area contributed by atoms with Crippen molar-refractivity contribution in [3.63, 3.8) is 0 Å². The van der Waals surface area contributed by atoms with Gasteiger partial charge in [-0.1, -0.05) is 36.4 Å². The number of halogens is 1. The van der Waals surface area contributed by atoms with Crippen LogP contribution in [0.1, 0.15) is 22.5 Å². The molecule has 0 aliphatic carbocycles. The van der Waals surface area contributed by atoms with Crippen molar-refractivity contribution in [2.45, 2.75) is 19.0 Å². The van der Waals surface area contributed by atoms with Gasteiger partial charge >= 0.3 is 0 Å². The van der Waals surface area contributed by atoms with Crippen LogP contribution in [-0.4, -0.2) is 43.4 Å². The van der Waals surface area contributed by atoms with Crippen LogP contribution in [-0.2, 0) is 16.4 Å². The molecule has 1 aromatic heterocycles. The van der Waals surface area contributed by atoms with E-state index in [1.54, 1.807) is 53.4 Å². The van der Waals surface area contributed by atoms with Gasteiger partial charge in [-0.25, -0.2) is 8.42 Å². The van der Waals surface area contributed by atoms with E-state index in [-0.39, 0.29) is 24.0 Å². The van der Waals surface area contributed by atoms with Crippen molar-refractivity contribution in [1.29, 1.82) is 0 Å². The van der Waals surface area contributed by atoms with Crippen molar-refractivity contribution >= 4 is 27.3 Å². The number of furan rings is 1. The first kappa shape index (κ1) is 23.1. The van der Waals surface area contributed by atoms with Gasteiger partial charge in [0.25, 0.3) is 5.91 Å². The molecule has 1 aliphatic heterocycles. The molecule has 1 amide bonds. The van der Waals surface area contributed by atoms with E-state index in [0.29, 0.717) is 40.9 Å². The van der Waals surface area contributed by atoms with Crippen LogP contribution in [0.4, 0.5) is 0 Å². The van der Waals surface area contributed by atoms with Gasteiger partial charge < -0.3 is 14.1 Å². The Hall–Kier alpha value is -3.03. The topological polar surface area (TPSA) is 76.8 Å². The van der Waals surface area contributed by atoms with Crippen LogP contribution in [0.3, 0.4) is 0 Å². The Morgan fingerprint density at radius 2 is 1.97 bits per heavy atom. The lowest BCUT2D eigenvalue weighted by molar-refractivity contribution is 0.0666. The van der Waals surface area contributed by atoms with Crippen LogP contribution >= 0.6 is 11.6 Å². The Morgan fingerprint density at radius 3 is 2.64 bits per heavy atom. The highest BCUT2D eigenvalue weighted by Gasteiger charge is 2.35. The van der Waals surface area contributed by atoms with Crippen LogP contribution in [0.5, 0.6) is 5.75 Å². The van der Waals surface area contributed by atoms with Crippen LogP contribution in [0.2, 0.25) is 5.02 Å². The van der Waals surface area contributed by atoms with Crippen LogP contribution < -0.4 is 4.74 Å². The molecule has 0 spiro atoms. The third-order valence-electron chi connectivity index (χ3n) is 5.48. The van der Waals surface area contributed by atoms with Crippen LogP contribution in [0.25, 0.3) is 11.3 Å². The highest BCUT2D eigenvalue weighted by molar-refractivity contribution is 7.91. The molecule has 1 atom stereocenters. The van der Waals surface area contributed by atoms with Crippen LogP contribution in [0, 0.1) is 0 Å². The average Bonchev–Trinajstić information content (AvgIpc) is 3.42. The highest BCUT2D eigenvalue weighted by atomic mass is 35.5. The van der Waals surface area contributed by atoms with Crippen molar-refractivity contribution in [1.82, 2.24) is 4.90 Å². The molecule has 2 aromatic carbocycles. The van der Waals surface area contributed by atoms with Gasteiger partial charge in [-0.3, -0.25) is 4.79 Å². The van der Waals surface area contributed by atoms with Crippen molar-refractivity contribution in [2.75, 3.05) is 18.1 Å². The Kier molecular flexibility index (Phi) is 6.91. The lowest BCUT2D eigenvalue weighted by atomic mass is 10.1. The number of benzene rings is 2. The van der Waals surface area contributed by atoms with E-state index in [0.717, 1.165) is 5.56 Å². The number of carbonyl (C=O) groups is 1. The average molecular weight is 486 g/mol. The predicted octanol–water partition coefficient (Wildman–Crippen LogP) is 4.99. The summed E-state index contributed by atoms with van der Waals surface area (Å²) in [5.41, 5.74) is 1.28. The monoisotopic (exact) mass is 485 g/mol. The maximum absolute atomic E-state index is 13.4. The van der Waals surface area contributed by atoms with E-state index in [1.165, 1.54) is 0 Å². The Balaban J connectivity index is 1.58. The molecule has 0 N–H and O–H groups in total. The Morgan fingerprint density at radius 1 is 1.18 bits per heavy atom. The lowest BCUT2D eigenvalue weighted by Crippen LogP contribution is -2.40. The highest BCUT2D eigenvalue weighted by Crippen LogP contribution is 2.28. The first-order valence-electron chi connectivity index (χ1n) is 10.5. The summed E-state index contributed by atoms with van der Waals surface area (Å²) in [5.74, 6) is 1.57. The zero-order valence-electron chi connectivity index (χ0n) is 17.9. The Labute approximate surface area is 198 Å². The summed E-state index contributed by atoms with van der Waals surface area (Å²) in [4.78, 5) is 15.0. The van der Waals surface area contributed by atoms with Crippen molar-refractivity contribution < 1.29 is 22.4 Å². The van der Waals surface area contributed by atoms with Gasteiger partial charge in [0.05, 0.1) is 18.1 Å². The van der Waals surface area contributed by atoms with E-state index < -0.39 is 15.9 Å². The predicted molar refractivity (Wildman–Crippen MR) is 128 cm³/mol. The van der Waals surface area contributed by atoms with Gasteiger partial charge in [0.1, 0.15) is 23.9 Å². The Bertz CT molecular complexity index is 1250. The molecule has 1 saturated heterocycles. The molecule has 1 fully saturated rings. The van der Waals surface area contributed by atoms with E-state index in [9.17, 15) is 13.2 Å². The fourth-order valence-electron chi connectivity index (χ4n) is 3.83. The summed E-state index contributed by atoms with van der Waals surface area (Å²) >= 11 is 6.08. The summed E-state index contributed by atoms with van der Waals surface area (Å²) < 4.78 is 35.7. The number of carbonyl (C=O) groups excluding carboxylic acids is 1. The molecule has 172 valence electrons. The molecule has 0 saturated carbocycles. The molecule has 0 radical (unpaired) electrons. The number of sulfone groups is 1. The zero-order chi connectivity index (χ0) is 23.4. The fourth-order valence-corrected chi connectivity index (χ4v) is 5.75. The molecule has 0 unspecified atom stereocenters. The van der Waals surface area contributed by atoms with Crippen molar-refractivity contribution in [3.05, 3.63) is 89.7 Å². The minimum Gasteiger partial charge on any atom is -0.490 e. The quantitative estimate of drug-likeness (QED) is 0.420. The number of rotatable bonds is 8. The minimum atomic E-state index is -3.18. The summed E-state index contributed by atoms with van der Waals surface area (Å²) in [6.07, 6.45) is 2.04. The first-order chi connectivity index (χ1) is 15.8. The molecule has 8 heteroatoms. The normalized spacial score (nSPS) is 16.9. The number of ether oxygens (including phenoxy) is 1. The lowest BCUT2D eigenvalue weighted by Gasteiger charge is -2.27. The van der Waals surface area contributed by atoms with Crippen molar-refractivity contribution in [3.8, 4) is 17.1 Å². The molecule has 2 heterocycles. The summed E-state index contributed by atoms with van der Waals surface area (Å²) in [6, 6.07) is 17.3. The molecular formula is C25H24ClNO5S. The molecule has 3 aromatic rings. The van der Waals surface area contributed by atoms with Gasteiger partial charge in [0, 0.05) is 22.2 Å². The second-order valence-corrected chi connectivity index (χ2v) is 10.6. The van der Waals surface area contributed by atoms with Gasteiger partial charge in [0.2, 0.25) is 0 Å². The third-order valence-corrected chi connectivity index (χ3v) is 7.46. The zero-order valence-corrected chi connectivity index (χ0v) is 19.5. The molecular weight excluding hydrogens is 462 g/mol. The van der Waals surface area contributed by atoms with E-state index >= 15 is 0 Å². The second kappa shape index (κ2) is 9.85. The second-order valence-electron chi connectivity index (χ2n) is 7.89. The van der Waals surface area contributed by atoms with Crippen molar-refractivity contribution in [2.24, 2.45) is 0 Å². The molecule has 33 heavy (non-hydrogen) atoms. The molecule has 4 rings (SSSR count). The summed E-state index contributed by atoms with van der Waals surface area (Å²) in [7, 11) is -3.18.